The largest absolute Gasteiger partial charge is 0.480 e. The van der Waals surface area contributed by atoms with Crippen LogP contribution in [0.2, 0.25) is 0 Å². The molecule has 0 aromatic rings. The molecule has 2 aliphatic rings. The van der Waals surface area contributed by atoms with Gasteiger partial charge in [-0.2, -0.15) is 0 Å². The number of nitrogens with one attached hydrogen (secondary N) is 1. The number of carboxylic acid groups (broad SMARTS) is 1. The molecule has 1 saturated carbocycles. The molecule has 1 atom stereocenters. The molecule has 1 heterocycles. The lowest BCUT2D eigenvalue weighted by molar-refractivity contribution is -0.141. The van der Waals surface area contributed by atoms with Crippen molar-refractivity contribution >= 4 is 12.0 Å². The van der Waals surface area contributed by atoms with E-state index in [9.17, 15) is 14.7 Å². The lowest BCUT2D eigenvalue weighted by atomic mass is 9.83. The van der Waals surface area contributed by atoms with E-state index in [4.69, 9.17) is 0 Å². The van der Waals surface area contributed by atoms with Crippen LogP contribution in [0.5, 0.6) is 0 Å². The molecule has 1 aliphatic carbocycles. The minimum atomic E-state index is -0.897. The summed E-state index contributed by atoms with van der Waals surface area (Å²) in [6.45, 7) is 5.74. The SMILES string of the molecule is CC1(C)CCCN(C(=O)NC(C(=O)O)C2CCCCC2)C1. The molecule has 0 aromatic heterocycles. The van der Waals surface area contributed by atoms with E-state index in [1.807, 2.05) is 0 Å². The van der Waals surface area contributed by atoms with E-state index in [2.05, 4.69) is 19.2 Å². The molecule has 1 unspecified atom stereocenters. The molecule has 0 radical (unpaired) electrons. The zero-order valence-electron chi connectivity index (χ0n) is 13.2. The summed E-state index contributed by atoms with van der Waals surface area (Å²) in [5.41, 5.74) is 0.124. The van der Waals surface area contributed by atoms with Crippen LogP contribution in [0.4, 0.5) is 4.79 Å². The fraction of sp³-hybridized carbons (Fsp3) is 0.875. The van der Waals surface area contributed by atoms with Gasteiger partial charge in [-0.25, -0.2) is 9.59 Å². The van der Waals surface area contributed by atoms with Crippen LogP contribution in [0.25, 0.3) is 0 Å². The molecule has 0 aromatic carbocycles. The second kappa shape index (κ2) is 6.67. The highest BCUT2D eigenvalue weighted by atomic mass is 16.4. The first-order valence-electron chi connectivity index (χ1n) is 8.17. The Bertz CT molecular complexity index is 389. The monoisotopic (exact) mass is 296 g/mol. The van der Waals surface area contributed by atoms with Crippen LogP contribution in [-0.2, 0) is 4.79 Å². The zero-order chi connectivity index (χ0) is 15.5. The van der Waals surface area contributed by atoms with E-state index < -0.39 is 12.0 Å². The molecular weight excluding hydrogens is 268 g/mol. The molecule has 1 saturated heterocycles. The number of rotatable bonds is 3. The smallest absolute Gasteiger partial charge is 0.326 e. The number of aliphatic carboxylic acids is 1. The van der Waals surface area contributed by atoms with Gasteiger partial charge in [-0.1, -0.05) is 33.1 Å². The van der Waals surface area contributed by atoms with Gasteiger partial charge in [-0.3, -0.25) is 0 Å². The summed E-state index contributed by atoms with van der Waals surface area (Å²) in [5.74, 6) is -0.815. The number of nitrogens with zero attached hydrogens (tertiary/aromatic N) is 1. The van der Waals surface area contributed by atoms with Gasteiger partial charge in [0.15, 0.2) is 0 Å². The third-order valence-corrected chi connectivity index (χ3v) is 4.85. The van der Waals surface area contributed by atoms with Gasteiger partial charge >= 0.3 is 12.0 Å². The number of hydrogen-bond donors (Lipinski definition) is 2. The van der Waals surface area contributed by atoms with Crippen molar-refractivity contribution in [2.45, 2.75) is 64.8 Å². The van der Waals surface area contributed by atoms with E-state index in [1.54, 1.807) is 4.90 Å². The topological polar surface area (TPSA) is 69.6 Å². The molecule has 5 heteroatoms. The highest BCUT2D eigenvalue weighted by Crippen LogP contribution is 2.29. The van der Waals surface area contributed by atoms with Crippen molar-refractivity contribution in [3.63, 3.8) is 0 Å². The Labute approximate surface area is 127 Å². The Morgan fingerprint density at radius 3 is 2.43 bits per heavy atom. The number of piperidine rings is 1. The first-order valence-corrected chi connectivity index (χ1v) is 8.17. The number of urea groups is 1. The van der Waals surface area contributed by atoms with Gasteiger partial charge in [0.25, 0.3) is 0 Å². The second-order valence-electron chi connectivity index (χ2n) is 7.35. The molecule has 2 fully saturated rings. The van der Waals surface area contributed by atoms with Crippen LogP contribution in [0, 0.1) is 11.3 Å². The number of carbonyl (C=O) groups excluding carboxylic acids is 1. The van der Waals surface area contributed by atoms with E-state index in [1.165, 1.54) is 6.42 Å². The number of carboxylic acids is 1. The number of amides is 2. The Morgan fingerprint density at radius 2 is 1.86 bits per heavy atom. The van der Waals surface area contributed by atoms with Crippen molar-refractivity contribution < 1.29 is 14.7 Å². The molecular formula is C16H28N2O3. The molecule has 5 nitrogen and oxygen atoms in total. The first kappa shape index (κ1) is 16.1. The van der Waals surface area contributed by atoms with Gasteiger partial charge in [0.1, 0.15) is 6.04 Å². The second-order valence-corrected chi connectivity index (χ2v) is 7.35. The predicted molar refractivity (Wildman–Crippen MR) is 81.1 cm³/mol. The van der Waals surface area contributed by atoms with Gasteiger partial charge in [0.05, 0.1) is 0 Å². The maximum absolute atomic E-state index is 12.4. The average molecular weight is 296 g/mol. The van der Waals surface area contributed by atoms with Crippen molar-refractivity contribution in [3.05, 3.63) is 0 Å². The third kappa shape index (κ3) is 4.35. The Hall–Kier alpha value is -1.26. The van der Waals surface area contributed by atoms with Crippen molar-refractivity contribution in [1.82, 2.24) is 10.2 Å². The molecule has 0 spiro atoms. The normalized spacial score (nSPS) is 24.4. The van der Waals surface area contributed by atoms with Crippen LogP contribution in [0.1, 0.15) is 58.8 Å². The van der Waals surface area contributed by atoms with Crippen LogP contribution in [0.3, 0.4) is 0 Å². The maximum Gasteiger partial charge on any atom is 0.326 e. The van der Waals surface area contributed by atoms with Gasteiger partial charge in [0.2, 0.25) is 0 Å². The Balaban J connectivity index is 1.96. The fourth-order valence-corrected chi connectivity index (χ4v) is 3.67. The molecule has 1 aliphatic heterocycles. The summed E-state index contributed by atoms with van der Waals surface area (Å²) >= 11 is 0. The predicted octanol–water partition coefficient (Wildman–Crippen LogP) is 2.85. The Kier molecular flexibility index (Phi) is 5.12. The summed E-state index contributed by atoms with van der Waals surface area (Å²) in [5, 5.41) is 12.2. The van der Waals surface area contributed by atoms with Crippen molar-refractivity contribution in [3.8, 4) is 0 Å². The summed E-state index contributed by atoms with van der Waals surface area (Å²) < 4.78 is 0. The van der Waals surface area contributed by atoms with E-state index in [0.717, 1.165) is 45.1 Å². The highest BCUT2D eigenvalue weighted by molar-refractivity contribution is 5.83. The van der Waals surface area contributed by atoms with E-state index in [-0.39, 0.29) is 17.4 Å². The van der Waals surface area contributed by atoms with Crippen molar-refractivity contribution in [1.29, 1.82) is 0 Å². The first-order chi connectivity index (χ1) is 9.89. The van der Waals surface area contributed by atoms with Gasteiger partial charge in [-0.05, 0) is 37.0 Å². The van der Waals surface area contributed by atoms with Crippen LogP contribution in [0.15, 0.2) is 0 Å². The summed E-state index contributed by atoms with van der Waals surface area (Å²) in [7, 11) is 0. The average Bonchev–Trinajstić information content (AvgIpc) is 2.44. The standard InChI is InChI=1S/C16H28N2O3/c1-16(2)9-6-10-18(11-16)15(21)17-13(14(19)20)12-7-4-3-5-8-12/h12-13H,3-11H2,1-2H3,(H,17,21)(H,19,20). The molecule has 0 bridgehead atoms. The van der Waals surface area contributed by atoms with E-state index >= 15 is 0 Å². The lowest BCUT2D eigenvalue weighted by Gasteiger charge is -2.39. The molecule has 120 valence electrons. The minimum Gasteiger partial charge on any atom is -0.480 e. The summed E-state index contributed by atoms with van der Waals surface area (Å²) in [6, 6.07) is -0.941. The maximum atomic E-state index is 12.4. The summed E-state index contributed by atoms with van der Waals surface area (Å²) in [6.07, 6.45) is 7.23. The van der Waals surface area contributed by atoms with Gasteiger partial charge in [0, 0.05) is 13.1 Å². The van der Waals surface area contributed by atoms with Crippen molar-refractivity contribution in [2.24, 2.45) is 11.3 Å². The van der Waals surface area contributed by atoms with Crippen LogP contribution < -0.4 is 5.32 Å². The Morgan fingerprint density at radius 1 is 1.19 bits per heavy atom. The number of likely N-dealkylation sites (tertiary alicyclic amines) is 1. The molecule has 2 rings (SSSR count). The number of carbonyl (C=O) groups is 2. The molecule has 21 heavy (non-hydrogen) atoms. The van der Waals surface area contributed by atoms with Gasteiger partial charge < -0.3 is 15.3 Å². The highest BCUT2D eigenvalue weighted by Gasteiger charge is 2.34. The fourth-order valence-electron chi connectivity index (χ4n) is 3.67. The van der Waals surface area contributed by atoms with Crippen LogP contribution in [-0.4, -0.2) is 41.1 Å². The van der Waals surface area contributed by atoms with E-state index in [0.29, 0.717) is 6.54 Å². The summed E-state index contributed by atoms with van der Waals surface area (Å²) in [4.78, 5) is 25.7. The van der Waals surface area contributed by atoms with Gasteiger partial charge in [-0.15, -0.1) is 0 Å². The van der Waals surface area contributed by atoms with Crippen molar-refractivity contribution in [2.75, 3.05) is 13.1 Å². The quantitative estimate of drug-likeness (QED) is 0.841. The zero-order valence-corrected chi connectivity index (χ0v) is 13.2. The lowest BCUT2D eigenvalue weighted by Crippen LogP contribution is -2.54. The minimum absolute atomic E-state index is 0.0815. The third-order valence-electron chi connectivity index (χ3n) is 4.85. The number of hydrogen-bond acceptors (Lipinski definition) is 2. The molecule has 2 amide bonds. The molecule has 2 N–H and O–H groups in total. The van der Waals surface area contributed by atoms with Crippen LogP contribution >= 0.6 is 0 Å².